The van der Waals surface area contributed by atoms with E-state index in [1.54, 1.807) is 37.5 Å². The predicted molar refractivity (Wildman–Crippen MR) is 115 cm³/mol. The number of hydrogen-bond acceptors (Lipinski definition) is 6. The summed E-state index contributed by atoms with van der Waals surface area (Å²) in [6.45, 7) is 4.80. The Morgan fingerprint density at radius 3 is 2.43 bits per heavy atom. The second-order valence-electron chi connectivity index (χ2n) is 7.05. The summed E-state index contributed by atoms with van der Waals surface area (Å²) in [5, 5.41) is 7.24. The Kier molecular flexibility index (Phi) is 5.85. The molecule has 3 aromatic rings. The third-order valence-electron chi connectivity index (χ3n) is 5.06. The Hall–Kier alpha value is -3.52. The summed E-state index contributed by atoms with van der Waals surface area (Å²) in [5.74, 6) is -0.310. The van der Waals surface area contributed by atoms with Crippen molar-refractivity contribution in [3.8, 4) is 11.3 Å². The summed E-state index contributed by atoms with van der Waals surface area (Å²) in [5.41, 5.74) is 2.85. The lowest BCUT2D eigenvalue weighted by atomic mass is 10.2. The van der Waals surface area contributed by atoms with Crippen LogP contribution in [0.15, 0.2) is 65.7 Å². The molecule has 1 unspecified atom stereocenters. The van der Waals surface area contributed by atoms with Crippen LogP contribution in [0.4, 0.5) is 11.4 Å². The highest BCUT2D eigenvalue weighted by Gasteiger charge is 2.19. The van der Waals surface area contributed by atoms with Crippen molar-refractivity contribution >= 4 is 17.3 Å². The Morgan fingerprint density at radius 2 is 1.73 bits per heavy atom. The van der Waals surface area contributed by atoms with E-state index in [1.807, 2.05) is 24.3 Å². The van der Waals surface area contributed by atoms with Crippen molar-refractivity contribution in [2.45, 2.75) is 13.0 Å². The number of hydrogen-bond donors (Lipinski definition) is 1. The van der Waals surface area contributed by atoms with Gasteiger partial charge in [-0.2, -0.15) is 5.10 Å². The van der Waals surface area contributed by atoms with E-state index in [2.05, 4.69) is 20.3 Å². The molecular weight excluding hydrogens is 382 g/mol. The monoisotopic (exact) mass is 405 g/mol. The molecule has 0 saturated carbocycles. The van der Waals surface area contributed by atoms with Crippen LogP contribution in [-0.2, 0) is 9.53 Å². The van der Waals surface area contributed by atoms with Crippen molar-refractivity contribution < 1.29 is 9.53 Å². The van der Waals surface area contributed by atoms with E-state index in [-0.39, 0.29) is 11.5 Å². The number of pyridine rings is 1. The number of amides is 1. The van der Waals surface area contributed by atoms with Gasteiger partial charge in [-0.1, -0.05) is 0 Å². The average Bonchev–Trinajstić information content (AvgIpc) is 2.80. The van der Waals surface area contributed by atoms with Gasteiger partial charge in [0.15, 0.2) is 0 Å². The summed E-state index contributed by atoms with van der Waals surface area (Å²) < 4.78 is 6.58. The summed E-state index contributed by atoms with van der Waals surface area (Å²) in [6.07, 6.45) is 3.31. The van der Waals surface area contributed by atoms with E-state index < -0.39 is 6.04 Å². The van der Waals surface area contributed by atoms with E-state index in [1.165, 1.54) is 10.7 Å². The standard InChI is InChI=1S/C22H23N5O3/c1-16(27-21(28)7-6-20(25-27)17-8-10-23-11-9-17)22(29)24-18-2-4-19(5-3-18)26-12-14-30-15-13-26/h2-11,16H,12-15H2,1H3,(H,24,29). The number of rotatable bonds is 5. The van der Waals surface area contributed by atoms with Crippen LogP contribution < -0.4 is 15.8 Å². The number of benzene rings is 1. The van der Waals surface area contributed by atoms with Gasteiger partial charge in [-0.25, -0.2) is 4.68 Å². The molecule has 1 fully saturated rings. The number of aromatic nitrogens is 3. The quantitative estimate of drug-likeness (QED) is 0.701. The average molecular weight is 405 g/mol. The Balaban J connectivity index is 1.48. The van der Waals surface area contributed by atoms with Gasteiger partial charge in [-0.3, -0.25) is 14.6 Å². The maximum absolute atomic E-state index is 12.8. The molecule has 3 heterocycles. The minimum Gasteiger partial charge on any atom is -0.378 e. The van der Waals surface area contributed by atoms with Crippen molar-refractivity contribution in [1.29, 1.82) is 0 Å². The van der Waals surface area contributed by atoms with Gasteiger partial charge in [0, 0.05) is 48.5 Å². The molecule has 1 amide bonds. The maximum Gasteiger partial charge on any atom is 0.267 e. The smallest absolute Gasteiger partial charge is 0.267 e. The zero-order valence-electron chi connectivity index (χ0n) is 16.7. The SMILES string of the molecule is CC(C(=O)Nc1ccc(N2CCOCC2)cc1)n1nc(-c2ccncc2)ccc1=O. The molecule has 1 aliphatic heterocycles. The molecule has 1 atom stereocenters. The molecule has 1 saturated heterocycles. The van der Waals surface area contributed by atoms with Crippen LogP contribution in [0.1, 0.15) is 13.0 Å². The number of morpholine rings is 1. The molecule has 0 bridgehead atoms. The summed E-state index contributed by atoms with van der Waals surface area (Å²) in [6, 6.07) is 13.6. The first-order chi connectivity index (χ1) is 14.6. The van der Waals surface area contributed by atoms with Gasteiger partial charge < -0.3 is 15.0 Å². The number of carbonyl (C=O) groups excluding carboxylic acids is 1. The number of anilines is 2. The molecule has 2 aromatic heterocycles. The van der Waals surface area contributed by atoms with Crippen LogP contribution >= 0.6 is 0 Å². The molecule has 4 rings (SSSR count). The van der Waals surface area contributed by atoms with Gasteiger partial charge >= 0.3 is 0 Å². The van der Waals surface area contributed by atoms with Gasteiger partial charge in [-0.15, -0.1) is 0 Å². The molecule has 0 spiro atoms. The number of nitrogens with one attached hydrogen (secondary N) is 1. The predicted octanol–water partition coefficient (Wildman–Crippen LogP) is 2.34. The lowest BCUT2D eigenvalue weighted by Gasteiger charge is -2.29. The second kappa shape index (κ2) is 8.87. The molecule has 0 aliphatic carbocycles. The van der Waals surface area contributed by atoms with E-state index in [0.29, 0.717) is 11.4 Å². The van der Waals surface area contributed by atoms with Crippen LogP contribution in [0.25, 0.3) is 11.3 Å². The van der Waals surface area contributed by atoms with Crippen LogP contribution in [-0.4, -0.2) is 47.0 Å². The first-order valence-electron chi connectivity index (χ1n) is 9.86. The molecule has 8 nitrogen and oxygen atoms in total. The molecule has 1 aliphatic rings. The van der Waals surface area contributed by atoms with Crippen molar-refractivity contribution in [3.63, 3.8) is 0 Å². The molecule has 1 aromatic carbocycles. The van der Waals surface area contributed by atoms with Crippen LogP contribution in [0.3, 0.4) is 0 Å². The Bertz CT molecular complexity index is 1060. The first kappa shape index (κ1) is 19.8. The van der Waals surface area contributed by atoms with E-state index in [0.717, 1.165) is 37.6 Å². The topological polar surface area (TPSA) is 89.3 Å². The van der Waals surface area contributed by atoms with Gasteiger partial charge in [0.1, 0.15) is 6.04 Å². The maximum atomic E-state index is 12.8. The van der Waals surface area contributed by atoms with Crippen molar-refractivity contribution in [1.82, 2.24) is 14.8 Å². The number of nitrogens with zero attached hydrogens (tertiary/aromatic N) is 4. The highest BCUT2D eigenvalue weighted by Crippen LogP contribution is 2.20. The van der Waals surface area contributed by atoms with Gasteiger partial charge in [0.2, 0.25) is 5.91 Å². The summed E-state index contributed by atoms with van der Waals surface area (Å²) in [7, 11) is 0. The zero-order valence-corrected chi connectivity index (χ0v) is 16.7. The van der Waals surface area contributed by atoms with Gasteiger partial charge in [-0.05, 0) is 49.4 Å². The zero-order chi connectivity index (χ0) is 20.9. The molecule has 1 N–H and O–H groups in total. The third-order valence-corrected chi connectivity index (χ3v) is 5.06. The van der Waals surface area contributed by atoms with Crippen LogP contribution in [0.2, 0.25) is 0 Å². The Labute approximate surface area is 174 Å². The van der Waals surface area contributed by atoms with E-state index in [4.69, 9.17) is 4.74 Å². The van der Waals surface area contributed by atoms with E-state index in [9.17, 15) is 9.59 Å². The van der Waals surface area contributed by atoms with Crippen molar-refractivity contribution in [2.24, 2.45) is 0 Å². The minimum atomic E-state index is -0.766. The van der Waals surface area contributed by atoms with Crippen molar-refractivity contribution in [3.05, 3.63) is 71.3 Å². The molecule has 30 heavy (non-hydrogen) atoms. The van der Waals surface area contributed by atoms with E-state index >= 15 is 0 Å². The molecule has 0 radical (unpaired) electrons. The summed E-state index contributed by atoms with van der Waals surface area (Å²) in [4.78, 5) is 31.3. The third kappa shape index (κ3) is 4.38. The molecule has 8 heteroatoms. The fourth-order valence-corrected chi connectivity index (χ4v) is 3.31. The molecule has 154 valence electrons. The van der Waals surface area contributed by atoms with Crippen molar-refractivity contribution in [2.75, 3.05) is 36.5 Å². The highest BCUT2D eigenvalue weighted by molar-refractivity contribution is 5.93. The minimum absolute atomic E-state index is 0.310. The normalized spacial score (nSPS) is 14.9. The molecular formula is C22H23N5O3. The van der Waals surface area contributed by atoms with Crippen LogP contribution in [0.5, 0.6) is 0 Å². The number of ether oxygens (including phenoxy) is 1. The lowest BCUT2D eigenvalue weighted by molar-refractivity contribution is -0.119. The second-order valence-corrected chi connectivity index (χ2v) is 7.05. The van der Waals surface area contributed by atoms with Gasteiger partial charge in [0.05, 0.1) is 18.9 Å². The fraction of sp³-hybridized carbons (Fsp3) is 0.273. The fourth-order valence-electron chi connectivity index (χ4n) is 3.31. The largest absolute Gasteiger partial charge is 0.378 e. The highest BCUT2D eigenvalue weighted by atomic mass is 16.5. The van der Waals surface area contributed by atoms with Gasteiger partial charge in [0.25, 0.3) is 5.56 Å². The number of carbonyl (C=O) groups is 1. The first-order valence-corrected chi connectivity index (χ1v) is 9.86. The lowest BCUT2D eigenvalue weighted by Crippen LogP contribution is -2.36. The summed E-state index contributed by atoms with van der Waals surface area (Å²) >= 11 is 0. The van der Waals surface area contributed by atoms with Crippen LogP contribution in [0, 0.1) is 0 Å². The Morgan fingerprint density at radius 1 is 1.03 bits per heavy atom.